The lowest BCUT2D eigenvalue weighted by atomic mass is 10.1. The fraction of sp³-hybridized carbons (Fsp3) is 0.200. The number of hydrogen-bond acceptors (Lipinski definition) is 4. The molecule has 1 aliphatic heterocycles. The topological polar surface area (TPSA) is 73.9 Å². The third-order valence-electron chi connectivity index (χ3n) is 2.16. The molecule has 84 valence electrons. The summed E-state index contributed by atoms with van der Waals surface area (Å²) in [7, 11) is 1.51. The molecule has 6 heteroatoms. The van der Waals surface area contributed by atoms with Gasteiger partial charge < -0.3 is 15.2 Å². The van der Waals surface area contributed by atoms with Gasteiger partial charge in [0, 0.05) is 5.56 Å². The number of rotatable bonds is 2. The molecule has 0 spiro atoms. The van der Waals surface area contributed by atoms with Crippen LogP contribution in [-0.2, 0) is 9.53 Å². The molecule has 0 saturated carbocycles. The van der Waals surface area contributed by atoms with Crippen molar-refractivity contribution in [2.24, 2.45) is 10.7 Å². The van der Waals surface area contributed by atoms with E-state index in [1.165, 1.54) is 7.11 Å². The summed E-state index contributed by atoms with van der Waals surface area (Å²) in [5, 5.41) is 0.405. The van der Waals surface area contributed by atoms with Gasteiger partial charge in [0.05, 0.1) is 12.1 Å². The highest BCUT2D eigenvalue weighted by molar-refractivity contribution is 6.32. The molecular formula is C10H9ClN2O3. The summed E-state index contributed by atoms with van der Waals surface area (Å²) in [6.45, 7) is 0. The van der Waals surface area contributed by atoms with E-state index in [1.54, 1.807) is 18.2 Å². The van der Waals surface area contributed by atoms with E-state index in [0.717, 1.165) is 0 Å². The third kappa shape index (κ3) is 1.81. The minimum absolute atomic E-state index is 0.123. The highest BCUT2D eigenvalue weighted by atomic mass is 35.5. The maximum Gasteiger partial charge on any atom is 0.296 e. The number of benzene rings is 1. The lowest BCUT2D eigenvalue weighted by Gasteiger charge is -2.10. The highest BCUT2D eigenvalue weighted by Gasteiger charge is 2.29. The molecule has 1 aromatic carbocycles. The highest BCUT2D eigenvalue weighted by Crippen LogP contribution is 2.30. The number of ether oxygens (including phenoxy) is 2. The summed E-state index contributed by atoms with van der Waals surface area (Å²) in [5.74, 6) is 0.100. The van der Waals surface area contributed by atoms with E-state index in [2.05, 4.69) is 4.99 Å². The first-order chi connectivity index (χ1) is 7.61. The minimum Gasteiger partial charge on any atom is -0.495 e. The second-order valence-electron chi connectivity index (χ2n) is 3.18. The van der Waals surface area contributed by atoms with Crippen LogP contribution in [0.1, 0.15) is 11.7 Å². The standard InChI is InChI=1S/C10H9ClN2O3/c1-15-7-3-2-5(4-6(7)11)8-9(14)13-10(12)16-8/h2-4,8H,1H3,(H2,12,13,14). The van der Waals surface area contributed by atoms with Gasteiger partial charge in [-0.15, -0.1) is 0 Å². The summed E-state index contributed by atoms with van der Waals surface area (Å²) >= 11 is 5.93. The number of amides is 1. The van der Waals surface area contributed by atoms with E-state index in [-0.39, 0.29) is 6.02 Å². The fourth-order valence-corrected chi connectivity index (χ4v) is 1.69. The summed E-state index contributed by atoms with van der Waals surface area (Å²) in [6, 6.07) is 4.81. The summed E-state index contributed by atoms with van der Waals surface area (Å²) in [6.07, 6.45) is -0.802. The molecule has 1 unspecified atom stereocenters. The first kappa shape index (κ1) is 10.8. The normalized spacial score (nSPS) is 19.2. The van der Waals surface area contributed by atoms with Crippen LogP contribution in [0.4, 0.5) is 0 Å². The molecule has 0 aromatic heterocycles. The number of nitrogens with two attached hydrogens (primary N) is 1. The molecule has 0 saturated heterocycles. The van der Waals surface area contributed by atoms with Crippen molar-refractivity contribution < 1.29 is 14.3 Å². The van der Waals surface area contributed by atoms with Crippen LogP contribution in [0.25, 0.3) is 0 Å². The molecule has 0 radical (unpaired) electrons. The molecule has 16 heavy (non-hydrogen) atoms. The smallest absolute Gasteiger partial charge is 0.296 e. The van der Waals surface area contributed by atoms with E-state index in [0.29, 0.717) is 16.3 Å². The average molecular weight is 241 g/mol. The molecule has 1 aromatic rings. The van der Waals surface area contributed by atoms with Crippen molar-refractivity contribution in [3.63, 3.8) is 0 Å². The third-order valence-corrected chi connectivity index (χ3v) is 2.46. The number of hydrogen-bond donors (Lipinski definition) is 1. The Morgan fingerprint density at radius 2 is 2.31 bits per heavy atom. The quantitative estimate of drug-likeness (QED) is 0.845. The van der Waals surface area contributed by atoms with Gasteiger partial charge >= 0.3 is 0 Å². The monoisotopic (exact) mass is 240 g/mol. The SMILES string of the molecule is COc1ccc(C2OC(N)=NC2=O)cc1Cl. The van der Waals surface area contributed by atoms with Crippen molar-refractivity contribution in [1.82, 2.24) is 0 Å². The zero-order valence-electron chi connectivity index (χ0n) is 8.44. The van der Waals surface area contributed by atoms with Crippen molar-refractivity contribution in [2.45, 2.75) is 6.10 Å². The number of carbonyl (C=O) groups excluding carboxylic acids is 1. The van der Waals surface area contributed by atoms with Crippen LogP contribution in [0, 0.1) is 0 Å². The first-order valence-corrected chi connectivity index (χ1v) is 4.87. The molecule has 1 atom stereocenters. The molecule has 0 aliphatic carbocycles. The maximum atomic E-state index is 11.4. The van der Waals surface area contributed by atoms with Crippen LogP contribution < -0.4 is 10.5 Å². The van der Waals surface area contributed by atoms with Crippen LogP contribution in [-0.4, -0.2) is 19.0 Å². The Hall–Kier alpha value is -1.75. The van der Waals surface area contributed by atoms with Gasteiger partial charge in [0.15, 0.2) is 0 Å². The Labute approximate surface area is 96.8 Å². The Bertz CT molecular complexity index is 473. The van der Waals surface area contributed by atoms with Crippen molar-refractivity contribution in [3.8, 4) is 5.75 Å². The fourth-order valence-electron chi connectivity index (χ4n) is 1.42. The Kier molecular flexibility index (Phi) is 2.70. The van der Waals surface area contributed by atoms with E-state index < -0.39 is 12.0 Å². The van der Waals surface area contributed by atoms with Crippen molar-refractivity contribution >= 4 is 23.5 Å². The van der Waals surface area contributed by atoms with Crippen molar-refractivity contribution in [3.05, 3.63) is 28.8 Å². The predicted octanol–water partition coefficient (Wildman–Crippen LogP) is 1.26. The van der Waals surface area contributed by atoms with Gasteiger partial charge in [0.2, 0.25) is 6.10 Å². The minimum atomic E-state index is -0.802. The number of amidine groups is 1. The van der Waals surface area contributed by atoms with Crippen LogP contribution in [0.5, 0.6) is 5.75 Å². The lowest BCUT2D eigenvalue weighted by molar-refractivity contribution is -0.122. The van der Waals surface area contributed by atoms with E-state index >= 15 is 0 Å². The lowest BCUT2D eigenvalue weighted by Crippen LogP contribution is -2.14. The van der Waals surface area contributed by atoms with Gasteiger partial charge in [-0.05, 0) is 12.1 Å². The van der Waals surface area contributed by atoms with E-state index in [1.807, 2.05) is 0 Å². The van der Waals surface area contributed by atoms with Crippen LogP contribution >= 0.6 is 11.6 Å². The van der Waals surface area contributed by atoms with Gasteiger partial charge in [0.1, 0.15) is 5.75 Å². The Balaban J connectivity index is 2.29. The van der Waals surface area contributed by atoms with Crippen molar-refractivity contribution in [2.75, 3.05) is 7.11 Å². The molecule has 1 aliphatic rings. The molecule has 1 amide bonds. The molecule has 5 nitrogen and oxygen atoms in total. The zero-order valence-corrected chi connectivity index (χ0v) is 9.19. The molecule has 1 heterocycles. The van der Waals surface area contributed by atoms with Gasteiger partial charge in [-0.1, -0.05) is 17.7 Å². The molecule has 2 N–H and O–H groups in total. The number of carbonyl (C=O) groups is 1. The number of halogens is 1. The van der Waals surface area contributed by atoms with Gasteiger partial charge in [-0.3, -0.25) is 4.79 Å². The second-order valence-corrected chi connectivity index (χ2v) is 3.59. The number of aliphatic imine (C=N–C) groups is 1. The van der Waals surface area contributed by atoms with Crippen molar-refractivity contribution in [1.29, 1.82) is 0 Å². The Morgan fingerprint density at radius 3 is 2.81 bits per heavy atom. The number of nitrogens with zero attached hydrogens (tertiary/aromatic N) is 1. The summed E-state index contributed by atoms with van der Waals surface area (Å²) in [4.78, 5) is 14.9. The van der Waals surface area contributed by atoms with Crippen LogP contribution in [0.3, 0.4) is 0 Å². The van der Waals surface area contributed by atoms with Gasteiger partial charge in [-0.25, -0.2) is 0 Å². The average Bonchev–Trinajstić information content (AvgIpc) is 2.58. The molecular weight excluding hydrogens is 232 g/mol. The predicted molar refractivity (Wildman–Crippen MR) is 58.5 cm³/mol. The summed E-state index contributed by atoms with van der Waals surface area (Å²) < 4.78 is 10.1. The Morgan fingerprint density at radius 1 is 1.56 bits per heavy atom. The molecule has 2 rings (SSSR count). The first-order valence-electron chi connectivity index (χ1n) is 4.50. The molecule has 0 fully saturated rings. The molecule has 0 bridgehead atoms. The van der Waals surface area contributed by atoms with Crippen LogP contribution in [0.15, 0.2) is 23.2 Å². The maximum absolute atomic E-state index is 11.4. The van der Waals surface area contributed by atoms with Gasteiger partial charge in [0.25, 0.3) is 11.9 Å². The van der Waals surface area contributed by atoms with E-state index in [9.17, 15) is 4.79 Å². The van der Waals surface area contributed by atoms with E-state index in [4.69, 9.17) is 26.8 Å². The largest absolute Gasteiger partial charge is 0.495 e. The van der Waals surface area contributed by atoms with Crippen LogP contribution in [0.2, 0.25) is 5.02 Å². The second kappa shape index (κ2) is 4.02. The summed E-state index contributed by atoms with van der Waals surface area (Å²) in [5.41, 5.74) is 5.89. The number of methoxy groups -OCH3 is 1. The van der Waals surface area contributed by atoms with Gasteiger partial charge in [-0.2, -0.15) is 4.99 Å². The zero-order chi connectivity index (χ0) is 11.7.